The van der Waals surface area contributed by atoms with Crippen molar-refractivity contribution in [3.63, 3.8) is 0 Å². The Hall–Kier alpha value is -2.20. The van der Waals surface area contributed by atoms with Crippen LogP contribution in [-0.4, -0.2) is 19.8 Å². The van der Waals surface area contributed by atoms with Crippen LogP contribution in [0.4, 0.5) is 0 Å². The summed E-state index contributed by atoms with van der Waals surface area (Å²) in [5.74, 6) is 0.701. The van der Waals surface area contributed by atoms with E-state index in [1.165, 1.54) is 0 Å². The smallest absolute Gasteiger partial charge is 0.253 e. The van der Waals surface area contributed by atoms with E-state index in [0.717, 1.165) is 16.5 Å². The number of nitrogens with zero attached hydrogens (tertiary/aromatic N) is 3. The Labute approximate surface area is 121 Å². The topological polar surface area (TPSA) is 47.8 Å². The maximum Gasteiger partial charge on any atom is 0.253 e. The zero-order valence-corrected chi connectivity index (χ0v) is 11.8. The molecule has 2 aromatic heterocycles. The highest BCUT2D eigenvalue weighted by molar-refractivity contribution is 6.68. The highest BCUT2D eigenvalue weighted by atomic mass is 35.5. The SMILES string of the molecule is Cc1ccc2nc(-c3nccn3C)cc(C(=O)Cl)c2c1. The highest BCUT2D eigenvalue weighted by Crippen LogP contribution is 2.25. The van der Waals surface area contributed by atoms with Gasteiger partial charge in [-0.15, -0.1) is 0 Å². The molecule has 0 bridgehead atoms. The van der Waals surface area contributed by atoms with E-state index in [2.05, 4.69) is 9.97 Å². The van der Waals surface area contributed by atoms with Gasteiger partial charge in [0, 0.05) is 30.4 Å². The lowest BCUT2D eigenvalue weighted by Gasteiger charge is -2.07. The van der Waals surface area contributed by atoms with Gasteiger partial charge < -0.3 is 4.57 Å². The van der Waals surface area contributed by atoms with Gasteiger partial charge >= 0.3 is 0 Å². The molecule has 20 heavy (non-hydrogen) atoms. The molecule has 0 aliphatic rings. The molecule has 0 unspecified atom stereocenters. The molecule has 0 fully saturated rings. The van der Waals surface area contributed by atoms with Crippen molar-refractivity contribution in [2.45, 2.75) is 6.92 Å². The zero-order valence-electron chi connectivity index (χ0n) is 11.1. The summed E-state index contributed by atoms with van der Waals surface area (Å²) in [6, 6.07) is 7.46. The predicted octanol–water partition coefficient (Wildman–Crippen LogP) is 3.32. The Kier molecular flexibility index (Phi) is 3.03. The van der Waals surface area contributed by atoms with Crippen LogP contribution in [0, 0.1) is 6.92 Å². The fourth-order valence-corrected chi connectivity index (χ4v) is 2.39. The summed E-state index contributed by atoms with van der Waals surface area (Å²) in [5.41, 5.74) is 2.89. The van der Waals surface area contributed by atoms with Gasteiger partial charge in [0.25, 0.3) is 5.24 Å². The highest BCUT2D eigenvalue weighted by Gasteiger charge is 2.14. The van der Waals surface area contributed by atoms with E-state index >= 15 is 0 Å². The summed E-state index contributed by atoms with van der Waals surface area (Å²) < 4.78 is 1.85. The minimum absolute atomic E-state index is 0.457. The molecule has 0 saturated heterocycles. The van der Waals surface area contributed by atoms with Crippen molar-refractivity contribution in [3.8, 4) is 11.5 Å². The molecule has 0 spiro atoms. The summed E-state index contributed by atoms with van der Waals surface area (Å²) in [6.07, 6.45) is 3.52. The summed E-state index contributed by atoms with van der Waals surface area (Å²) in [7, 11) is 1.88. The molecule has 0 amide bonds. The van der Waals surface area contributed by atoms with Gasteiger partial charge in [-0.05, 0) is 36.7 Å². The van der Waals surface area contributed by atoms with Gasteiger partial charge in [-0.3, -0.25) is 4.79 Å². The fraction of sp³-hybridized carbons (Fsp3) is 0.133. The summed E-state index contributed by atoms with van der Waals surface area (Å²) in [6.45, 7) is 1.97. The molecule has 100 valence electrons. The monoisotopic (exact) mass is 285 g/mol. The van der Waals surface area contributed by atoms with E-state index in [0.29, 0.717) is 17.1 Å². The number of hydrogen-bond donors (Lipinski definition) is 0. The van der Waals surface area contributed by atoms with Gasteiger partial charge in [0.15, 0.2) is 5.82 Å². The van der Waals surface area contributed by atoms with Gasteiger partial charge in [-0.2, -0.15) is 0 Å². The lowest BCUT2D eigenvalue weighted by Crippen LogP contribution is -1.99. The number of hydrogen-bond acceptors (Lipinski definition) is 3. The molecule has 0 atom stereocenters. The normalized spacial score (nSPS) is 10.9. The van der Waals surface area contributed by atoms with Crippen LogP contribution in [0.1, 0.15) is 15.9 Å². The second-order valence-electron chi connectivity index (χ2n) is 4.71. The molecule has 5 heteroatoms. The van der Waals surface area contributed by atoms with E-state index < -0.39 is 5.24 Å². The second kappa shape index (κ2) is 4.72. The van der Waals surface area contributed by atoms with E-state index in [-0.39, 0.29) is 0 Å². The number of carbonyl (C=O) groups is 1. The first-order chi connectivity index (χ1) is 9.56. The van der Waals surface area contributed by atoms with Crippen molar-refractivity contribution < 1.29 is 4.79 Å². The maximum absolute atomic E-state index is 11.7. The van der Waals surface area contributed by atoms with Gasteiger partial charge in [0.2, 0.25) is 0 Å². The Morgan fingerprint density at radius 3 is 2.75 bits per heavy atom. The van der Waals surface area contributed by atoms with E-state index in [1.54, 1.807) is 12.3 Å². The minimum atomic E-state index is -0.488. The molecule has 4 nitrogen and oxygen atoms in total. The van der Waals surface area contributed by atoms with E-state index in [9.17, 15) is 4.79 Å². The van der Waals surface area contributed by atoms with E-state index in [4.69, 9.17) is 11.6 Å². The van der Waals surface area contributed by atoms with Crippen LogP contribution in [0.15, 0.2) is 36.7 Å². The average molecular weight is 286 g/mol. The molecule has 0 N–H and O–H groups in total. The maximum atomic E-state index is 11.7. The standard InChI is InChI=1S/C15H12ClN3O/c1-9-3-4-12-10(7-9)11(14(16)20)8-13(18-12)15-17-5-6-19(15)2/h3-8H,1-2H3. The third-order valence-electron chi connectivity index (χ3n) is 3.23. The number of aromatic nitrogens is 3. The number of rotatable bonds is 2. The van der Waals surface area contributed by atoms with Crippen molar-refractivity contribution in [3.05, 3.63) is 47.8 Å². The molecule has 0 radical (unpaired) electrons. The second-order valence-corrected chi connectivity index (χ2v) is 5.05. The van der Waals surface area contributed by atoms with Gasteiger partial charge in [0.1, 0.15) is 5.69 Å². The lowest BCUT2D eigenvalue weighted by atomic mass is 10.1. The molecule has 0 aliphatic carbocycles. The predicted molar refractivity (Wildman–Crippen MR) is 78.9 cm³/mol. The Morgan fingerprint density at radius 1 is 1.30 bits per heavy atom. The van der Waals surface area contributed by atoms with Crippen molar-refractivity contribution in [2.24, 2.45) is 7.05 Å². The Bertz CT molecular complexity index is 823. The Morgan fingerprint density at radius 2 is 2.10 bits per heavy atom. The number of fused-ring (bicyclic) bond motifs is 1. The van der Waals surface area contributed by atoms with E-state index in [1.807, 2.05) is 42.9 Å². The molecule has 0 aliphatic heterocycles. The van der Waals surface area contributed by atoms with Crippen LogP contribution in [0.5, 0.6) is 0 Å². The zero-order chi connectivity index (χ0) is 14.3. The van der Waals surface area contributed by atoms with Crippen LogP contribution >= 0.6 is 11.6 Å². The summed E-state index contributed by atoms with van der Waals surface area (Å²) in [4.78, 5) is 20.5. The lowest BCUT2D eigenvalue weighted by molar-refractivity contribution is 0.108. The van der Waals surface area contributed by atoms with Crippen LogP contribution in [0.2, 0.25) is 0 Å². The van der Waals surface area contributed by atoms with Crippen molar-refractivity contribution in [1.29, 1.82) is 0 Å². The molecular formula is C15H12ClN3O. The third-order valence-corrected chi connectivity index (χ3v) is 3.43. The number of imidazole rings is 1. The molecule has 0 saturated carbocycles. The van der Waals surface area contributed by atoms with Crippen LogP contribution in [0.25, 0.3) is 22.4 Å². The van der Waals surface area contributed by atoms with Crippen molar-refractivity contribution in [2.75, 3.05) is 0 Å². The minimum Gasteiger partial charge on any atom is -0.333 e. The first kappa shape index (κ1) is 12.8. The summed E-state index contributed by atoms with van der Waals surface area (Å²) in [5, 5.41) is 0.279. The third kappa shape index (κ3) is 2.08. The van der Waals surface area contributed by atoms with Crippen LogP contribution in [0.3, 0.4) is 0 Å². The van der Waals surface area contributed by atoms with Gasteiger partial charge in [0.05, 0.1) is 5.52 Å². The first-order valence-corrected chi connectivity index (χ1v) is 6.53. The van der Waals surface area contributed by atoms with Crippen LogP contribution in [-0.2, 0) is 7.05 Å². The largest absolute Gasteiger partial charge is 0.333 e. The van der Waals surface area contributed by atoms with Gasteiger partial charge in [-0.25, -0.2) is 9.97 Å². The molecule has 2 heterocycles. The van der Waals surface area contributed by atoms with Crippen molar-refractivity contribution >= 4 is 27.7 Å². The number of halogens is 1. The molecule has 3 rings (SSSR count). The fourth-order valence-electron chi connectivity index (χ4n) is 2.23. The van der Waals surface area contributed by atoms with Crippen LogP contribution < -0.4 is 0 Å². The Balaban J connectivity index is 2.34. The average Bonchev–Trinajstić information content (AvgIpc) is 2.83. The number of pyridine rings is 1. The van der Waals surface area contributed by atoms with Gasteiger partial charge in [-0.1, -0.05) is 11.6 Å². The summed E-state index contributed by atoms with van der Waals surface area (Å²) >= 11 is 5.71. The number of benzene rings is 1. The molecular weight excluding hydrogens is 274 g/mol. The quantitative estimate of drug-likeness (QED) is 0.679. The number of carbonyl (C=O) groups excluding carboxylic acids is 1. The number of aryl methyl sites for hydroxylation is 2. The van der Waals surface area contributed by atoms with Crippen molar-refractivity contribution in [1.82, 2.24) is 14.5 Å². The first-order valence-electron chi connectivity index (χ1n) is 6.15. The molecule has 3 aromatic rings. The molecule has 1 aromatic carbocycles.